The molecule has 0 saturated heterocycles. The lowest BCUT2D eigenvalue weighted by Gasteiger charge is -2.10. The molecule has 0 amide bonds. The van der Waals surface area contributed by atoms with E-state index in [1.165, 1.54) is 6.33 Å². The predicted octanol–water partition coefficient (Wildman–Crippen LogP) is 3.69. The molecule has 0 bridgehead atoms. The van der Waals surface area contributed by atoms with Gasteiger partial charge in [0.1, 0.15) is 6.33 Å². The predicted molar refractivity (Wildman–Crippen MR) is 108 cm³/mol. The van der Waals surface area contributed by atoms with Crippen LogP contribution in [-0.4, -0.2) is 28.6 Å². The Labute approximate surface area is 162 Å². The van der Waals surface area contributed by atoms with Gasteiger partial charge in [-0.25, -0.2) is 18.4 Å². The third-order valence-corrected chi connectivity index (χ3v) is 5.98. The Hall–Kier alpha value is -3.26. The number of aromatic nitrogens is 4. The summed E-state index contributed by atoms with van der Waals surface area (Å²) in [5.74, 6) is 0. The van der Waals surface area contributed by atoms with Gasteiger partial charge in [-0.2, -0.15) is 5.10 Å². The average molecular weight is 393 g/mol. The van der Waals surface area contributed by atoms with E-state index in [0.29, 0.717) is 11.3 Å². The van der Waals surface area contributed by atoms with E-state index in [4.69, 9.17) is 0 Å². The smallest absolute Gasteiger partial charge is 0.261 e. The highest BCUT2D eigenvalue weighted by molar-refractivity contribution is 7.92. The van der Waals surface area contributed by atoms with Crippen molar-refractivity contribution in [3.63, 3.8) is 0 Å². The van der Waals surface area contributed by atoms with Crippen LogP contribution >= 0.6 is 0 Å². The SMILES string of the molecule is CCc1ccc(S(=O)(=O)Nc2ccc(-c3ncnc4n[nH]c(C)c34)cc2)cc1. The monoisotopic (exact) mass is 393 g/mol. The number of aryl methyl sites for hydroxylation is 2. The van der Waals surface area contributed by atoms with Gasteiger partial charge in [-0.15, -0.1) is 0 Å². The molecule has 0 saturated carbocycles. The molecule has 0 aliphatic heterocycles. The van der Waals surface area contributed by atoms with Crippen LogP contribution in [-0.2, 0) is 16.4 Å². The minimum atomic E-state index is -3.64. The van der Waals surface area contributed by atoms with Gasteiger partial charge in [0.25, 0.3) is 10.0 Å². The van der Waals surface area contributed by atoms with E-state index in [0.717, 1.165) is 34.3 Å². The molecule has 2 aromatic carbocycles. The Morgan fingerprint density at radius 1 is 1.00 bits per heavy atom. The number of anilines is 1. The summed E-state index contributed by atoms with van der Waals surface area (Å²) in [7, 11) is -3.64. The fourth-order valence-corrected chi connectivity index (χ4v) is 4.09. The molecule has 0 fully saturated rings. The van der Waals surface area contributed by atoms with E-state index in [1.54, 1.807) is 24.3 Å². The number of nitrogens with zero attached hydrogens (tertiary/aromatic N) is 3. The topological polar surface area (TPSA) is 101 Å². The first-order chi connectivity index (χ1) is 13.5. The third kappa shape index (κ3) is 3.34. The van der Waals surface area contributed by atoms with Crippen molar-refractivity contribution in [2.45, 2.75) is 25.2 Å². The largest absolute Gasteiger partial charge is 0.280 e. The van der Waals surface area contributed by atoms with Gasteiger partial charge in [-0.05, 0) is 43.2 Å². The number of nitrogens with one attached hydrogen (secondary N) is 2. The number of fused-ring (bicyclic) bond motifs is 1. The molecule has 0 unspecified atom stereocenters. The van der Waals surface area contributed by atoms with Crippen molar-refractivity contribution in [2.75, 3.05) is 4.72 Å². The van der Waals surface area contributed by atoms with Crippen molar-refractivity contribution >= 4 is 26.7 Å². The fourth-order valence-electron chi connectivity index (χ4n) is 3.03. The first-order valence-corrected chi connectivity index (χ1v) is 10.3. The van der Waals surface area contributed by atoms with Gasteiger partial charge in [0.05, 0.1) is 16.0 Å². The summed E-state index contributed by atoms with van der Waals surface area (Å²) in [5.41, 5.74) is 4.66. The molecule has 2 aromatic heterocycles. The standard InChI is InChI=1S/C20H19N5O2S/c1-3-14-4-10-17(11-5-14)28(26,27)25-16-8-6-15(7-9-16)19-18-13(2)23-24-20(18)22-12-21-19/h4-12,25H,3H2,1-2H3,(H,21,22,23,24). The van der Waals surface area contributed by atoms with Crippen molar-refractivity contribution in [3.8, 4) is 11.3 Å². The summed E-state index contributed by atoms with van der Waals surface area (Å²) in [6.45, 7) is 3.94. The molecule has 0 spiro atoms. The van der Waals surface area contributed by atoms with Crippen LogP contribution in [0.3, 0.4) is 0 Å². The number of hydrogen-bond acceptors (Lipinski definition) is 5. The van der Waals surface area contributed by atoms with Crippen molar-refractivity contribution in [1.29, 1.82) is 0 Å². The Kier molecular flexibility index (Phi) is 4.56. The maximum Gasteiger partial charge on any atom is 0.261 e. The van der Waals surface area contributed by atoms with Crippen LogP contribution in [0.4, 0.5) is 5.69 Å². The quantitative estimate of drug-likeness (QED) is 0.538. The van der Waals surface area contributed by atoms with Gasteiger partial charge in [-0.1, -0.05) is 31.2 Å². The van der Waals surface area contributed by atoms with Crippen LogP contribution in [0.1, 0.15) is 18.2 Å². The van der Waals surface area contributed by atoms with Crippen molar-refractivity contribution in [3.05, 3.63) is 66.1 Å². The molecular formula is C20H19N5O2S. The van der Waals surface area contributed by atoms with Gasteiger partial charge < -0.3 is 0 Å². The van der Waals surface area contributed by atoms with Crippen LogP contribution in [0, 0.1) is 6.92 Å². The van der Waals surface area contributed by atoms with Gasteiger partial charge in [0.2, 0.25) is 0 Å². The second kappa shape index (κ2) is 7.05. The van der Waals surface area contributed by atoms with Crippen LogP contribution < -0.4 is 4.72 Å². The van der Waals surface area contributed by atoms with E-state index >= 15 is 0 Å². The highest BCUT2D eigenvalue weighted by Crippen LogP contribution is 2.28. The molecule has 142 valence electrons. The maximum absolute atomic E-state index is 12.6. The molecule has 4 rings (SSSR count). The highest BCUT2D eigenvalue weighted by atomic mass is 32.2. The molecule has 0 aliphatic rings. The second-order valence-electron chi connectivity index (χ2n) is 6.45. The van der Waals surface area contributed by atoms with Gasteiger partial charge in [0, 0.05) is 16.9 Å². The zero-order valence-electron chi connectivity index (χ0n) is 15.5. The lowest BCUT2D eigenvalue weighted by molar-refractivity contribution is 0.601. The number of benzene rings is 2. The number of aromatic amines is 1. The normalized spacial score (nSPS) is 11.6. The minimum Gasteiger partial charge on any atom is -0.280 e. The molecule has 2 N–H and O–H groups in total. The highest BCUT2D eigenvalue weighted by Gasteiger charge is 2.15. The zero-order valence-corrected chi connectivity index (χ0v) is 16.3. The van der Waals surface area contributed by atoms with Crippen molar-refractivity contribution < 1.29 is 8.42 Å². The summed E-state index contributed by atoms with van der Waals surface area (Å²) in [4.78, 5) is 8.76. The lowest BCUT2D eigenvalue weighted by Crippen LogP contribution is -2.12. The second-order valence-corrected chi connectivity index (χ2v) is 8.13. The zero-order chi connectivity index (χ0) is 19.7. The number of H-pyrrole nitrogens is 1. The van der Waals surface area contributed by atoms with Crippen molar-refractivity contribution in [2.24, 2.45) is 0 Å². The summed E-state index contributed by atoms with van der Waals surface area (Å²) in [5, 5.41) is 7.91. The molecule has 7 nitrogen and oxygen atoms in total. The molecule has 4 aromatic rings. The number of sulfonamides is 1. The summed E-state index contributed by atoms with van der Waals surface area (Å²) >= 11 is 0. The Morgan fingerprint density at radius 2 is 1.71 bits per heavy atom. The lowest BCUT2D eigenvalue weighted by atomic mass is 10.1. The Morgan fingerprint density at radius 3 is 2.39 bits per heavy atom. The summed E-state index contributed by atoms with van der Waals surface area (Å²) < 4.78 is 27.8. The number of hydrogen-bond donors (Lipinski definition) is 2. The van der Waals surface area contributed by atoms with Crippen LogP contribution in [0.2, 0.25) is 0 Å². The van der Waals surface area contributed by atoms with E-state index in [2.05, 4.69) is 24.9 Å². The van der Waals surface area contributed by atoms with E-state index in [-0.39, 0.29) is 4.90 Å². The van der Waals surface area contributed by atoms with Gasteiger partial charge in [0.15, 0.2) is 5.65 Å². The molecule has 0 atom stereocenters. The van der Waals surface area contributed by atoms with Crippen LogP contribution in [0.5, 0.6) is 0 Å². The minimum absolute atomic E-state index is 0.236. The maximum atomic E-state index is 12.6. The average Bonchev–Trinajstić information content (AvgIpc) is 3.10. The van der Waals surface area contributed by atoms with Gasteiger partial charge in [-0.3, -0.25) is 9.82 Å². The van der Waals surface area contributed by atoms with E-state index in [1.807, 2.05) is 38.1 Å². The summed E-state index contributed by atoms with van der Waals surface area (Å²) in [6, 6.07) is 14.0. The molecule has 2 heterocycles. The third-order valence-electron chi connectivity index (χ3n) is 4.58. The van der Waals surface area contributed by atoms with Crippen LogP contribution in [0.25, 0.3) is 22.3 Å². The summed E-state index contributed by atoms with van der Waals surface area (Å²) in [6.07, 6.45) is 2.33. The first kappa shape index (κ1) is 18.1. The molecule has 0 radical (unpaired) electrons. The number of rotatable bonds is 5. The Bertz CT molecular complexity index is 1230. The van der Waals surface area contributed by atoms with E-state index in [9.17, 15) is 8.42 Å². The van der Waals surface area contributed by atoms with Gasteiger partial charge >= 0.3 is 0 Å². The molecule has 0 aliphatic carbocycles. The molecule has 8 heteroatoms. The van der Waals surface area contributed by atoms with Crippen LogP contribution in [0.15, 0.2) is 59.8 Å². The molecule has 28 heavy (non-hydrogen) atoms. The fraction of sp³-hybridized carbons (Fsp3) is 0.150. The Balaban J connectivity index is 1.61. The van der Waals surface area contributed by atoms with Crippen molar-refractivity contribution in [1.82, 2.24) is 20.2 Å². The molecular weight excluding hydrogens is 374 g/mol. The van der Waals surface area contributed by atoms with E-state index < -0.39 is 10.0 Å². The first-order valence-electron chi connectivity index (χ1n) is 8.86.